The van der Waals surface area contributed by atoms with E-state index in [0.29, 0.717) is 0 Å². The van der Waals surface area contributed by atoms with E-state index in [9.17, 15) is 14.4 Å². The molecule has 6 heteroatoms. The number of carbonyl (C=O) groups excluding carboxylic acids is 3. The third-order valence-electron chi connectivity index (χ3n) is 2.69. The molecular weight excluding hydrogens is 260 g/mol. The van der Waals surface area contributed by atoms with Crippen LogP contribution in [0.2, 0.25) is 0 Å². The molecule has 0 heterocycles. The first-order valence-corrected chi connectivity index (χ1v) is 6.25. The van der Waals surface area contributed by atoms with Gasteiger partial charge in [-0.05, 0) is 11.5 Å². The Morgan fingerprint density at radius 1 is 1.20 bits per heavy atom. The monoisotopic (exact) mass is 278 g/mol. The Morgan fingerprint density at radius 3 is 2.45 bits per heavy atom. The highest BCUT2D eigenvalue weighted by Crippen LogP contribution is 2.18. The molecule has 1 rings (SSSR count). The van der Waals surface area contributed by atoms with Crippen molar-refractivity contribution in [1.29, 1.82) is 0 Å². The first-order chi connectivity index (χ1) is 9.52. The minimum atomic E-state index is -0.662. The number of rotatable bonds is 5. The predicted octanol–water partition coefficient (Wildman–Crippen LogP) is 1.18. The SMILES string of the molecule is CNC(=O)NC(=O)COC(=O)C[C@H](C)c1ccccc1. The summed E-state index contributed by atoms with van der Waals surface area (Å²) in [5, 5.41) is 4.23. The quantitative estimate of drug-likeness (QED) is 0.792. The lowest BCUT2D eigenvalue weighted by Crippen LogP contribution is -2.39. The molecule has 3 amide bonds. The summed E-state index contributed by atoms with van der Waals surface area (Å²) in [7, 11) is 1.39. The third kappa shape index (κ3) is 5.51. The van der Waals surface area contributed by atoms with Crippen molar-refractivity contribution in [2.75, 3.05) is 13.7 Å². The van der Waals surface area contributed by atoms with Crippen molar-refractivity contribution in [1.82, 2.24) is 10.6 Å². The van der Waals surface area contributed by atoms with Gasteiger partial charge in [-0.15, -0.1) is 0 Å². The minimum Gasteiger partial charge on any atom is -0.456 e. The van der Waals surface area contributed by atoms with E-state index in [2.05, 4.69) is 5.32 Å². The number of nitrogens with one attached hydrogen (secondary N) is 2. The van der Waals surface area contributed by atoms with Crippen LogP contribution in [-0.4, -0.2) is 31.6 Å². The molecule has 0 aliphatic rings. The van der Waals surface area contributed by atoms with E-state index in [1.807, 2.05) is 42.6 Å². The molecule has 0 unspecified atom stereocenters. The van der Waals surface area contributed by atoms with Gasteiger partial charge < -0.3 is 10.1 Å². The van der Waals surface area contributed by atoms with E-state index < -0.39 is 24.5 Å². The molecule has 0 saturated carbocycles. The first-order valence-electron chi connectivity index (χ1n) is 6.25. The molecule has 0 bridgehead atoms. The average Bonchev–Trinajstić information content (AvgIpc) is 2.45. The van der Waals surface area contributed by atoms with Crippen LogP contribution in [0.25, 0.3) is 0 Å². The van der Waals surface area contributed by atoms with E-state index in [1.54, 1.807) is 0 Å². The summed E-state index contributed by atoms with van der Waals surface area (Å²) in [5.41, 5.74) is 1.03. The molecule has 2 N–H and O–H groups in total. The van der Waals surface area contributed by atoms with E-state index >= 15 is 0 Å². The molecule has 108 valence electrons. The number of urea groups is 1. The maximum Gasteiger partial charge on any atom is 0.321 e. The Labute approximate surface area is 117 Å². The largest absolute Gasteiger partial charge is 0.456 e. The molecule has 0 aliphatic carbocycles. The van der Waals surface area contributed by atoms with Crippen molar-refractivity contribution in [2.24, 2.45) is 0 Å². The molecule has 0 fully saturated rings. The van der Waals surface area contributed by atoms with Gasteiger partial charge in [0.2, 0.25) is 0 Å². The van der Waals surface area contributed by atoms with Crippen molar-refractivity contribution >= 4 is 17.9 Å². The van der Waals surface area contributed by atoms with Crippen LogP contribution in [0.3, 0.4) is 0 Å². The summed E-state index contributed by atoms with van der Waals surface area (Å²) >= 11 is 0. The second kappa shape index (κ2) is 7.93. The van der Waals surface area contributed by atoms with Gasteiger partial charge in [-0.3, -0.25) is 14.9 Å². The lowest BCUT2D eigenvalue weighted by molar-refractivity contribution is -0.148. The van der Waals surface area contributed by atoms with Crippen molar-refractivity contribution in [3.63, 3.8) is 0 Å². The summed E-state index contributed by atoms with van der Waals surface area (Å²) in [6, 6.07) is 8.91. The van der Waals surface area contributed by atoms with Gasteiger partial charge >= 0.3 is 12.0 Å². The van der Waals surface area contributed by atoms with Crippen LogP contribution < -0.4 is 10.6 Å². The zero-order chi connectivity index (χ0) is 15.0. The summed E-state index contributed by atoms with van der Waals surface area (Å²) < 4.78 is 4.81. The average molecular weight is 278 g/mol. The number of hydrogen-bond acceptors (Lipinski definition) is 4. The van der Waals surface area contributed by atoms with E-state index in [0.717, 1.165) is 5.56 Å². The lowest BCUT2D eigenvalue weighted by Gasteiger charge is -2.11. The number of ether oxygens (including phenoxy) is 1. The molecule has 0 aliphatic heterocycles. The Balaban J connectivity index is 2.33. The molecular formula is C14H18N2O4. The van der Waals surface area contributed by atoms with Crippen LogP contribution in [0.15, 0.2) is 30.3 Å². The number of benzene rings is 1. The van der Waals surface area contributed by atoms with Crippen LogP contribution in [0, 0.1) is 0 Å². The number of imide groups is 1. The molecule has 0 aromatic heterocycles. The van der Waals surface area contributed by atoms with Gasteiger partial charge in [0.1, 0.15) is 0 Å². The number of amides is 3. The maximum atomic E-state index is 11.6. The fourth-order valence-electron chi connectivity index (χ4n) is 1.58. The van der Waals surface area contributed by atoms with Gasteiger partial charge in [0, 0.05) is 7.05 Å². The molecule has 1 aromatic rings. The fourth-order valence-corrected chi connectivity index (χ4v) is 1.58. The predicted molar refractivity (Wildman–Crippen MR) is 73.0 cm³/mol. The molecule has 20 heavy (non-hydrogen) atoms. The summed E-state index contributed by atoms with van der Waals surface area (Å²) in [6.07, 6.45) is 0.178. The van der Waals surface area contributed by atoms with Gasteiger partial charge in [-0.1, -0.05) is 37.3 Å². The van der Waals surface area contributed by atoms with Crippen molar-refractivity contribution in [2.45, 2.75) is 19.3 Å². The molecule has 0 saturated heterocycles. The third-order valence-corrected chi connectivity index (χ3v) is 2.69. The maximum absolute atomic E-state index is 11.6. The first kappa shape index (κ1) is 15.7. The number of esters is 1. The van der Waals surface area contributed by atoms with Gasteiger partial charge in [0.15, 0.2) is 6.61 Å². The molecule has 6 nitrogen and oxygen atoms in total. The molecule has 1 atom stereocenters. The fraction of sp³-hybridized carbons (Fsp3) is 0.357. The van der Waals surface area contributed by atoms with Crippen LogP contribution in [0.1, 0.15) is 24.8 Å². The summed E-state index contributed by atoms with van der Waals surface area (Å²) in [6.45, 7) is 1.44. The molecule has 0 spiro atoms. The van der Waals surface area contributed by atoms with Gasteiger partial charge in [-0.2, -0.15) is 0 Å². The van der Waals surface area contributed by atoms with E-state index in [-0.39, 0.29) is 12.3 Å². The van der Waals surface area contributed by atoms with Gasteiger partial charge in [-0.25, -0.2) is 4.79 Å². The van der Waals surface area contributed by atoms with Gasteiger partial charge in [0.05, 0.1) is 6.42 Å². The highest BCUT2D eigenvalue weighted by molar-refractivity contribution is 5.95. The van der Waals surface area contributed by atoms with Crippen LogP contribution in [0.4, 0.5) is 4.79 Å². The van der Waals surface area contributed by atoms with Crippen LogP contribution in [-0.2, 0) is 14.3 Å². The number of hydrogen-bond donors (Lipinski definition) is 2. The lowest BCUT2D eigenvalue weighted by atomic mass is 9.98. The zero-order valence-electron chi connectivity index (χ0n) is 11.5. The van der Waals surface area contributed by atoms with Crippen LogP contribution in [0.5, 0.6) is 0 Å². The second-order valence-corrected chi connectivity index (χ2v) is 4.30. The summed E-state index contributed by atoms with van der Waals surface area (Å²) in [4.78, 5) is 33.7. The smallest absolute Gasteiger partial charge is 0.321 e. The summed E-state index contributed by atoms with van der Waals surface area (Å²) in [5.74, 6) is -1.14. The topological polar surface area (TPSA) is 84.5 Å². The van der Waals surface area contributed by atoms with E-state index in [1.165, 1.54) is 7.05 Å². The van der Waals surface area contributed by atoms with Crippen molar-refractivity contribution < 1.29 is 19.1 Å². The van der Waals surface area contributed by atoms with E-state index in [4.69, 9.17) is 4.74 Å². The normalized spacial score (nSPS) is 11.3. The van der Waals surface area contributed by atoms with Crippen LogP contribution >= 0.6 is 0 Å². The van der Waals surface area contributed by atoms with Crippen molar-refractivity contribution in [3.8, 4) is 0 Å². The Morgan fingerprint density at radius 2 is 1.85 bits per heavy atom. The van der Waals surface area contributed by atoms with Gasteiger partial charge in [0.25, 0.3) is 5.91 Å². The second-order valence-electron chi connectivity index (χ2n) is 4.30. The highest BCUT2D eigenvalue weighted by Gasteiger charge is 2.14. The minimum absolute atomic E-state index is 0.00528. The highest BCUT2D eigenvalue weighted by atomic mass is 16.5. The molecule has 1 aromatic carbocycles. The molecule has 0 radical (unpaired) electrons. The zero-order valence-corrected chi connectivity index (χ0v) is 11.5. The standard InChI is InChI=1S/C14H18N2O4/c1-10(11-6-4-3-5-7-11)8-13(18)20-9-12(17)16-14(19)15-2/h3-7,10H,8-9H2,1-2H3,(H2,15,16,17,19)/t10-/m0/s1. The Bertz CT molecular complexity index is 473. The number of carbonyl (C=O) groups is 3. The Kier molecular flexibility index (Phi) is 6.22. The Hall–Kier alpha value is -2.37. The van der Waals surface area contributed by atoms with Crippen molar-refractivity contribution in [3.05, 3.63) is 35.9 Å².